The van der Waals surface area contributed by atoms with Gasteiger partial charge in [-0.25, -0.2) is 0 Å². The van der Waals surface area contributed by atoms with E-state index in [2.05, 4.69) is 5.32 Å². The number of likely N-dealkylation sites (tertiary alicyclic amines) is 1. The van der Waals surface area contributed by atoms with E-state index >= 15 is 0 Å². The fraction of sp³-hybridized carbons (Fsp3) is 0.545. The average molecular weight is 455 g/mol. The van der Waals surface area contributed by atoms with Crippen LogP contribution in [0.4, 0.5) is 0 Å². The van der Waals surface area contributed by atoms with Crippen LogP contribution < -0.4 is 5.32 Å². The van der Waals surface area contributed by atoms with Crippen molar-refractivity contribution in [3.05, 3.63) is 46.2 Å². The van der Waals surface area contributed by atoms with Gasteiger partial charge in [0.1, 0.15) is 6.61 Å². The molecular weight excluding hydrogens is 427 g/mol. The van der Waals surface area contributed by atoms with Crippen molar-refractivity contribution in [1.82, 2.24) is 10.2 Å². The third kappa shape index (κ3) is 7.18. The van der Waals surface area contributed by atoms with Crippen molar-refractivity contribution in [3.8, 4) is 0 Å². The maximum Gasteiger partial charge on any atom is 0.246 e. The van der Waals surface area contributed by atoms with Crippen LogP contribution in [0, 0.1) is 5.92 Å². The first-order valence-corrected chi connectivity index (χ1v) is 11.2. The molecule has 1 saturated heterocycles. The highest BCUT2D eigenvalue weighted by Gasteiger charge is 2.31. The summed E-state index contributed by atoms with van der Waals surface area (Å²) in [7, 11) is 0. The fourth-order valence-electron chi connectivity index (χ4n) is 3.56. The summed E-state index contributed by atoms with van der Waals surface area (Å²) in [4.78, 5) is 26.4. The molecule has 30 heavy (non-hydrogen) atoms. The van der Waals surface area contributed by atoms with E-state index in [0.717, 1.165) is 43.0 Å². The highest BCUT2D eigenvalue weighted by molar-refractivity contribution is 6.31. The van der Waals surface area contributed by atoms with E-state index in [1.807, 2.05) is 29.2 Å². The third-order valence-electron chi connectivity index (χ3n) is 5.32. The Hall–Kier alpha value is -1.76. The predicted molar refractivity (Wildman–Crippen MR) is 117 cm³/mol. The lowest BCUT2D eigenvalue weighted by molar-refractivity contribution is -0.131. The largest absolute Gasteiger partial charge is 0.498 e. The zero-order valence-corrected chi connectivity index (χ0v) is 18.5. The van der Waals surface area contributed by atoms with Gasteiger partial charge in [0.05, 0.1) is 24.4 Å². The molecule has 0 bridgehead atoms. The molecule has 0 saturated carbocycles. The van der Waals surface area contributed by atoms with E-state index in [9.17, 15) is 9.59 Å². The summed E-state index contributed by atoms with van der Waals surface area (Å²) < 4.78 is 11.3. The molecule has 2 aliphatic carbocycles. The Labute approximate surface area is 187 Å². The van der Waals surface area contributed by atoms with Crippen molar-refractivity contribution in [3.63, 3.8) is 0 Å². The summed E-state index contributed by atoms with van der Waals surface area (Å²) in [6, 6.07) is 0. The number of hydrogen-bond donors (Lipinski definition) is 1. The maximum absolute atomic E-state index is 12.5. The lowest BCUT2D eigenvalue weighted by atomic mass is 10.1. The number of halogens is 2. The minimum absolute atomic E-state index is 0.0291. The Balaban J connectivity index is 1.27. The van der Waals surface area contributed by atoms with E-state index in [1.54, 1.807) is 6.08 Å². The first-order chi connectivity index (χ1) is 14.5. The number of carbonyl (C=O) groups excluding carboxylic acids is 2. The summed E-state index contributed by atoms with van der Waals surface area (Å²) in [6.45, 7) is 2.28. The summed E-state index contributed by atoms with van der Waals surface area (Å²) in [5.74, 6) is 0.661. The van der Waals surface area contributed by atoms with Crippen LogP contribution in [0.15, 0.2) is 46.2 Å². The molecule has 0 spiro atoms. The zero-order chi connectivity index (χ0) is 21.3. The lowest BCUT2D eigenvalue weighted by Crippen LogP contribution is -2.37. The molecule has 2 atom stereocenters. The minimum atomic E-state index is -0.210. The van der Waals surface area contributed by atoms with Gasteiger partial charge in [-0.3, -0.25) is 9.59 Å². The van der Waals surface area contributed by atoms with Crippen LogP contribution in [-0.4, -0.2) is 55.7 Å². The first kappa shape index (κ1) is 22.9. The second-order valence-electron chi connectivity index (χ2n) is 7.60. The van der Waals surface area contributed by atoms with Crippen molar-refractivity contribution in [1.29, 1.82) is 0 Å². The number of rotatable bonds is 10. The number of allylic oxidation sites excluding steroid dienone is 6. The van der Waals surface area contributed by atoms with Crippen molar-refractivity contribution in [2.75, 3.05) is 32.8 Å². The highest BCUT2D eigenvalue weighted by atomic mass is 35.5. The highest BCUT2D eigenvalue weighted by Crippen LogP contribution is 2.22. The first-order valence-electron chi connectivity index (χ1n) is 10.4. The van der Waals surface area contributed by atoms with E-state index in [4.69, 9.17) is 32.7 Å². The number of carbonyl (C=O) groups is 2. The van der Waals surface area contributed by atoms with Crippen LogP contribution in [0.5, 0.6) is 0 Å². The molecule has 1 N–H and O–H groups in total. The maximum atomic E-state index is 12.5. The second kappa shape index (κ2) is 11.6. The van der Waals surface area contributed by atoms with Crippen LogP contribution >= 0.6 is 23.2 Å². The van der Waals surface area contributed by atoms with Crippen molar-refractivity contribution >= 4 is 35.0 Å². The van der Waals surface area contributed by atoms with Crippen LogP contribution in [0.3, 0.4) is 0 Å². The van der Waals surface area contributed by atoms with Gasteiger partial charge in [0.2, 0.25) is 11.8 Å². The van der Waals surface area contributed by atoms with Crippen LogP contribution in [-0.2, 0) is 19.1 Å². The zero-order valence-electron chi connectivity index (χ0n) is 16.9. The quantitative estimate of drug-likeness (QED) is 0.511. The molecule has 8 heteroatoms. The Morgan fingerprint density at radius 3 is 2.87 bits per heavy atom. The van der Waals surface area contributed by atoms with Crippen LogP contribution in [0.25, 0.3) is 0 Å². The Kier molecular flexibility index (Phi) is 8.85. The average Bonchev–Trinajstić information content (AvgIpc) is 3.10. The monoisotopic (exact) mass is 454 g/mol. The standard InChI is InChI=1S/C22H28Cl2N2O4/c23-17-2-6-19(7-3-17)29-13-1-11-26-12-10-16(22(26)28)14-25-21(27)15-30-20-8-4-18(24)5-9-20/h2,4-6,8,16,20H,1,3,7,9-15H2,(H,25,27). The SMILES string of the molecule is O=C(COC1C=CC(Cl)=CC1)NCC1CCN(CCCOC2=CC=C(Cl)CC2)C1=O. The van der Waals surface area contributed by atoms with E-state index in [-0.39, 0.29) is 30.4 Å². The van der Waals surface area contributed by atoms with Gasteiger partial charge in [-0.05, 0) is 43.9 Å². The Morgan fingerprint density at radius 1 is 1.27 bits per heavy atom. The normalized spacial score (nSPS) is 23.7. The molecule has 6 nitrogen and oxygen atoms in total. The van der Waals surface area contributed by atoms with E-state index in [1.165, 1.54) is 0 Å². The summed E-state index contributed by atoms with van der Waals surface area (Å²) in [5, 5.41) is 4.35. The molecule has 2 unspecified atom stereocenters. The smallest absolute Gasteiger partial charge is 0.246 e. The van der Waals surface area contributed by atoms with Crippen LogP contribution in [0.2, 0.25) is 0 Å². The number of nitrogens with zero attached hydrogens (tertiary/aromatic N) is 1. The molecule has 1 fully saturated rings. The molecule has 0 aromatic rings. The van der Waals surface area contributed by atoms with Gasteiger partial charge in [-0.15, -0.1) is 0 Å². The molecule has 0 radical (unpaired) electrons. The molecule has 2 amide bonds. The van der Waals surface area contributed by atoms with Gasteiger partial charge >= 0.3 is 0 Å². The third-order valence-corrected chi connectivity index (χ3v) is 5.91. The molecule has 3 aliphatic rings. The van der Waals surface area contributed by atoms with Gasteiger partial charge in [-0.2, -0.15) is 0 Å². The van der Waals surface area contributed by atoms with Crippen LogP contribution in [0.1, 0.15) is 32.1 Å². The second-order valence-corrected chi connectivity index (χ2v) is 8.52. The van der Waals surface area contributed by atoms with Crippen molar-refractivity contribution < 1.29 is 19.1 Å². The molecule has 0 aromatic heterocycles. The van der Waals surface area contributed by atoms with Gasteiger partial charge in [0.15, 0.2) is 0 Å². The molecular formula is C22H28Cl2N2O4. The van der Waals surface area contributed by atoms with Gasteiger partial charge < -0.3 is 19.7 Å². The molecule has 1 heterocycles. The molecule has 1 aliphatic heterocycles. The van der Waals surface area contributed by atoms with E-state index < -0.39 is 0 Å². The van der Waals surface area contributed by atoms with Gasteiger partial charge in [0, 0.05) is 36.1 Å². The Morgan fingerprint density at radius 2 is 2.13 bits per heavy atom. The number of nitrogens with one attached hydrogen (secondary N) is 1. The number of ether oxygens (including phenoxy) is 2. The topological polar surface area (TPSA) is 67.9 Å². The molecule has 0 aromatic carbocycles. The summed E-state index contributed by atoms with van der Waals surface area (Å²) in [6.07, 6.45) is 12.9. The number of amides is 2. The minimum Gasteiger partial charge on any atom is -0.498 e. The Bertz CT molecular complexity index is 760. The molecule has 3 rings (SSSR count). The molecule has 164 valence electrons. The van der Waals surface area contributed by atoms with E-state index in [0.29, 0.717) is 31.1 Å². The predicted octanol–water partition coefficient (Wildman–Crippen LogP) is 3.63. The van der Waals surface area contributed by atoms with Gasteiger partial charge in [-0.1, -0.05) is 35.4 Å². The lowest BCUT2D eigenvalue weighted by Gasteiger charge is -2.18. The van der Waals surface area contributed by atoms with Crippen molar-refractivity contribution in [2.24, 2.45) is 5.92 Å². The summed E-state index contributed by atoms with van der Waals surface area (Å²) >= 11 is 11.8. The fourth-order valence-corrected chi connectivity index (χ4v) is 3.87. The van der Waals surface area contributed by atoms with Gasteiger partial charge in [0.25, 0.3) is 0 Å². The number of hydrogen-bond acceptors (Lipinski definition) is 4. The summed E-state index contributed by atoms with van der Waals surface area (Å²) in [5.41, 5.74) is 0. The van der Waals surface area contributed by atoms with Crippen molar-refractivity contribution in [2.45, 2.75) is 38.2 Å².